The first-order valence-corrected chi connectivity index (χ1v) is 7.20. The van der Waals surface area contributed by atoms with E-state index in [2.05, 4.69) is 23.6 Å². The summed E-state index contributed by atoms with van der Waals surface area (Å²) in [6.45, 7) is 3.10. The molecule has 2 N–H and O–H groups in total. The molecule has 1 fully saturated rings. The molecule has 1 amide bonds. The SMILES string of the molecule is CC1CC=C(c2cc(F)c3c(c2)C2(CC2)C(=O)N3)NC1. The Labute approximate surface area is 117 Å². The van der Waals surface area contributed by atoms with E-state index in [0.29, 0.717) is 11.6 Å². The summed E-state index contributed by atoms with van der Waals surface area (Å²) in [6.07, 6.45) is 4.79. The van der Waals surface area contributed by atoms with Gasteiger partial charge in [-0.1, -0.05) is 13.0 Å². The number of carbonyl (C=O) groups is 1. The van der Waals surface area contributed by atoms with E-state index in [1.165, 1.54) is 6.07 Å². The van der Waals surface area contributed by atoms with E-state index >= 15 is 0 Å². The van der Waals surface area contributed by atoms with Gasteiger partial charge in [0.25, 0.3) is 0 Å². The molecule has 0 aromatic heterocycles. The van der Waals surface area contributed by atoms with E-state index in [1.807, 2.05) is 6.07 Å². The van der Waals surface area contributed by atoms with Gasteiger partial charge in [-0.25, -0.2) is 4.39 Å². The molecule has 4 rings (SSSR count). The van der Waals surface area contributed by atoms with Gasteiger partial charge < -0.3 is 10.6 Å². The summed E-state index contributed by atoms with van der Waals surface area (Å²) in [7, 11) is 0. The van der Waals surface area contributed by atoms with Gasteiger partial charge in [0, 0.05) is 17.8 Å². The van der Waals surface area contributed by atoms with Crippen LogP contribution >= 0.6 is 0 Å². The van der Waals surface area contributed by atoms with Gasteiger partial charge in [0.2, 0.25) is 5.91 Å². The zero-order valence-electron chi connectivity index (χ0n) is 11.4. The number of nitrogens with one attached hydrogen (secondary N) is 2. The second-order valence-corrected chi connectivity index (χ2v) is 6.26. The van der Waals surface area contributed by atoms with E-state index in [0.717, 1.165) is 42.6 Å². The molecular formula is C16H17FN2O. The number of amides is 1. The Morgan fingerprint density at radius 1 is 1.35 bits per heavy atom. The largest absolute Gasteiger partial charge is 0.385 e. The van der Waals surface area contributed by atoms with Crippen molar-refractivity contribution in [2.45, 2.75) is 31.6 Å². The normalized spacial score (nSPS) is 25.8. The van der Waals surface area contributed by atoms with Crippen molar-refractivity contribution in [1.29, 1.82) is 0 Å². The number of allylic oxidation sites excluding steroid dienone is 1. The molecule has 1 atom stereocenters. The zero-order chi connectivity index (χ0) is 13.9. The van der Waals surface area contributed by atoms with Crippen molar-refractivity contribution in [1.82, 2.24) is 5.32 Å². The Morgan fingerprint density at radius 3 is 2.80 bits per heavy atom. The first-order chi connectivity index (χ1) is 9.60. The summed E-state index contributed by atoms with van der Waals surface area (Å²) in [5.41, 5.74) is 2.64. The van der Waals surface area contributed by atoms with Crippen LogP contribution in [0.1, 0.15) is 37.3 Å². The lowest BCUT2D eigenvalue weighted by atomic mass is 9.93. The van der Waals surface area contributed by atoms with E-state index in [4.69, 9.17) is 0 Å². The van der Waals surface area contributed by atoms with E-state index in [9.17, 15) is 9.18 Å². The monoisotopic (exact) mass is 272 g/mol. The summed E-state index contributed by atoms with van der Waals surface area (Å²) in [4.78, 5) is 12.0. The van der Waals surface area contributed by atoms with Gasteiger partial charge in [0.05, 0.1) is 11.1 Å². The number of carbonyl (C=O) groups excluding carboxylic acids is 1. The minimum Gasteiger partial charge on any atom is -0.385 e. The lowest BCUT2D eigenvalue weighted by molar-refractivity contribution is -0.117. The maximum absolute atomic E-state index is 14.3. The first kappa shape index (κ1) is 11.9. The van der Waals surface area contributed by atoms with Gasteiger partial charge in [-0.15, -0.1) is 0 Å². The highest BCUT2D eigenvalue weighted by Crippen LogP contribution is 2.56. The van der Waals surface area contributed by atoms with Crippen molar-refractivity contribution in [3.63, 3.8) is 0 Å². The van der Waals surface area contributed by atoms with Crippen molar-refractivity contribution in [3.05, 3.63) is 35.2 Å². The van der Waals surface area contributed by atoms with Gasteiger partial charge in [-0.3, -0.25) is 4.79 Å². The van der Waals surface area contributed by atoms with Crippen LogP contribution in [0.2, 0.25) is 0 Å². The quantitative estimate of drug-likeness (QED) is 0.825. The summed E-state index contributed by atoms with van der Waals surface area (Å²) < 4.78 is 14.3. The van der Waals surface area contributed by atoms with E-state index in [-0.39, 0.29) is 11.7 Å². The molecule has 4 heteroatoms. The van der Waals surface area contributed by atoms with Crippen molar-refractivity contribution >= 4 is 17.3 Å². The van der Waals surface area contributed by atoms with Gasteiger partial charge in [-0.05, 0) is 42.9 Å². The number of rotatable bonds is 1. The highest BCUT2D eigenvalue weighted by atomic mass is 19.1. The van der Waals surface area contributed by atoms with Crippen LogP contribution < -0.4 is 10.6 Å². The molecular weight excluding hydrogens is 255 g/mol. The molecule has 2 aliphatic heterocycles. The van der Waals surface area contributed by atoms with Crippen LogP contribution in [0.15, 0.2) is 18.2 Å². The molecule has 1 unspecified atom stereocenters. The van der Waals surface area contributed by atoms with Crippen LogP contribution in [-0.2, 0) is 10.2 Å². The Balaban J connectivity index is 1.79. The predicted octanol–water partition coefficient (Wildman–Crippen LogP) is 2.78. The highest BCUT2D eigenvalue weighted by molar-refractivity contribution is 6.08. The molecule has 3 aliphatic rings. The van der Waals surface area contributed by atoms with E-state index in [1.54, 1.807) is 0 Å². The Hall–Kier alpha value is -1.84. The first-order valence-electron chi connectivity index (χ1n) is 7.20. The number of anilines is 1. The van der Waals surface area contributed by atoms with Crippen molar-refractivity contribution in [3.8, 4) is 0 Å². The topological polar surface area (TPSA) is 41.1 Å². The average molecular weight is 272 g/mol. The smallest absolute Gasteiger partial charge is 0.235 e. The Kier molecular flexibility index (Phi) is 2.29. The second-order valence-electron chi connectivity index (χ2n) is 6.26. The minimum atomic E-state index is -0.436. The molecule has 2 heterocycles. The van der Waals surface area contributed by atoms with E-state index < -0.39 is 5.41 Å². The fraction of sp³-hybridized carbons (Fsp3) is 0.438. The predicted molar refractivity (Wildman–Crippen MR) is 75.7 cm³/mol. The Bertz CT molecular complexity index is 646. The molecule has 1 spiro atoms. The van der Waals surface area contributed by atoms with Crippen LogP contribution in [0.3, 0.4) is 0 Å². The number of hydrogen-bond acceptors (Lipinski definition) is 2. The van der Waals surface area contributed by atoms with Crippen molar-refractivity contribution < 1.29 is 9.18 Å². The molecule has 20 heavy (non-hydrogen) atoms. The summed E-state index contributed by atoms with van der Waals surface area (Å²) in [6, 6.07) is 3.51. The average Bonchev–Trinajstić information content (AvgIpc) is 3.17. The Morgan fingerprint density at radius 2 is 2.15 bits per heavy atom. The summed E-state index contributed by atoms with van der Waals surface area (Å²) >= 11 is 0. The van der Waals surface area contributed by atoms with Gasteiger partial charge in [-0.2, -0.15) is 0 Å². The van der Waals surface area contributed by atoms with Crippen LogP contribution in [0, 0.1) is 11.7 Å². The minimum absolute atomic E-state index is 0.0391. The number of halogens is 1. The molecule has 0 radical (unpaired) electrons. The third-order valence-electron chi connectivity index (χ3n) is 4.71. The molecule has 1 aromatic rings. The molecule has 0 saturated heterocycles. The molecule has 1 aliphatic carbocycles. The van der Waals surface area contributed by atoms with Crippen molar-refractivity contribution in [2.24, 2.45) is 5.92 Å². The highest BCUT2D eigenvalue weighted by Gasteiger charge is 2.57. The van der Waals surface area contributed by atoms with Gasteiger partial charge >= 0.3 is 0 Å². The molecule has 0 bridgehead atoms. The maximum atomic E-state index is 14.3. The van der Waals surface area contributed by atoms with Crippen LogP contribution in [0.25, 0.3) is 5.70 Å². The molecule has 3 nitrogen and oxygen atoms in total. The van der Waals surface area contributed by atoms with Crippen LogP contribution in [0.5, 0.6) is 0 Å². The van der Waals surface area contributed by atoms with Gasteiger partial charge in [0.1, 0.15) is 5.82 Å². The van der Waals surface area contributed by atoms with Crippen molar-refractivity contribution in [2.75, 3.05) is 11.9 Å². The third-order valence-corrected chi connectivity index (χ3v) is 4.71. The zero-order valence-corrected chi connectivity index (χ0v) is 11.4. The molecule has 1 saturated carbocycles. The molecule has 104 valence electrons. The summed E-state index contributed by atoms with van der Waals surface area (Å²) in [5, 5.41) is 6.05. The number of benzene rings is 1. The molecule has 1 aromatic carbocycles. The van der Waals surface area contributed by atoms with Crippen LogP contribution in [0.4, 0.5) is 10.1 Å². The third kappa shape index (κ3) is 1.54. The summed E-state index contributed by atoms with van der Waals surface area (Å²) in [5.74, 6) is 0.245. The number of fused-ring (bicyclic) bond motifs is 2. The fourth-order valence-electron chi connectivity index (χ4n) is 3.22. The van der Waals surface area contributed by atoms with Crippen LogP contribution in [-0.4, -0.2) is 12.5 Å². The lowest BCUT2D eigenvalue weighted by Gasteiger charge is -2.21. The number of hydrogen-bond donors (Lipinski definition) is 2. The second kappa shape index (κ2) is 3.84. The van der Waals surface area contributed by atoms with Gasteiger partial charge in [0.15, 0.2) is 0 Å². The maximum Gasteiger partial charge on any atom is 0.235 e. The fourth-order valence-corrected chi connectivity index (χ4v) is 3.22. The lowest BCUT2D eigenvalue weighted by Crippen LogP contribution is -2.24. The standard InChI is InChI=1S/C16H17FN2O/c1-9-2-3-13(18-8-9)10-6-11-14(12(17)7-10)19-15(20)16(11)4-5-16/h3,6-7,9,18H,2,4-5,8H2,1H3,(H,19,20).